The van der Waals surface area contributed by atoms with Crippen molar-refractivity contribution in [3.63, 3.8) is 0 Å². The average molecular weight is 681 g/mol. The van der Waals surface area contributed by atoms with Crippen molar-refractivity contribution in [2.75, 3.05) is 20.8 Å². The van der Waals surface area contributed by atoms with E-state index >= 15 is 0 Å². The fourth-order valence-electron chi connectivity index (χ4n) is 5.94. The van der Waals surface area contributed by atoms with Gasteiger partial charge in [0.2, 0.25) is 0 Å². The average Bonchev–Trinajstić information content (AvgIpc) is 3.17. The lowest BCUT2D eigenvalue weighted by molar-refractivity contribution is -0.350. The van der Waals surface area contributed by atoms with E-state index in [1.165, 1.54) is 0 Å². The van der Waals surface area contributed by atoms with E-state index in [2.05, 4.69) is 48.5 Å². The molecular weight excluding hydrogens is 642 g/mol. The Hall–Kier alpha value is -3.48. The zero-order valence-electron chi connectivity index (χ0n) is 26.8. The van der Waals surface area contributed by atoms with E-state index < -0.39 is 53.3 Å². The van der Waals surface area contributed by atoms with Crippen LogP contribution in [0.2, 0.25) is 0 Å². The molecule has 1 unspecified atom stereocenters. The Morgan fingerprint density at radius 3 is 1.44 bits per heavy atom. The van der Waals surface area contributed by atoms with Gasteiger partial charge in [0.1, 0.15) is 30.2 Å². The Labute approximate surface area is 284 Å². The van der Waals surface area contributed by atoms with E-state index in [1.54, 1.807) is 14.2 Å². The molecule has 246 valence electrons. The number of rotatable bonds is 11. The summed E-state index contributed by atoms with van der Waals surface area (Å²) in [4.78, 5) is 0. The number of methoxy groups -OCH3 is 2. The van der Waals surface area contributed by atoms with E-state index in [9.17, 15) is 0 Å². The van der Waals surface area contributed by atoms with Crippen molar-refractivity contribution in [1.29, 1.82) is 0 Å². The van der Waals surface area contributed by atoms with Gasteiger partial charge < -0.3 is 32.7 Å². The number of benzene rings is 5. The number of hydrogen-bond donors (Lipinski definition) is 0. The molecule has 5 aromatic carbocycles. The van der Waals surface area contributed by atoms with Crippen LogP contribution in [0.5, 0.6) is 5.75 Å². The summed E-state index contributed by atoms with van der Waals surface area (Å²) in [6, 6.07) is 49.0. The van der Waals surface area contributed by atoms with E-state index in [1.807, 2.05) is 97.1 Å². The summed E-state index contributed by atoms with van der Waals surface area (Å²) in [6.07, 6.45) is -3.56. The third kappa shape index (κ3) is 7.40. The fourth-order valence-corrected chi connectivity index (χ4v) is 9.74. The summed E-state index contributed by atoms with van der Waals surface area (Å²) in [6.45, 7) is 0.300. The molecule has 5 aromatic rings. The van der Waals surface area contributed by atoms with Crippen LogP contribution >= 0.6 is 16.3 Å². The molecule has 2 fully saturated rings. The standard InChI is InChI=1S/C39H38O7P2/c1-40-29-25-23-28(24-26-29)38-42-27-34-35(44-38)36(45-47(30-15-7-3-8-16-30)31-17-9-4-10-18-31)37(39(41-2)43-34)46-48(32-19-11-5-12-20-32)33-21-13-6-14-22-33/h3-26,34-39H,27H2,1-2H3/t34-,35+,36+,37-,38?,39+/m1/s1. The van der Waals surface area contributed by atoms with Gasteiger partial charge in [-0.1, -0.05) is 133 Å². The maximum absolute atomic E-state index is 7.36. The predicted octanol–water partition coefficient (Wildman–Crippen LogP) is 6.35. The van der Waals surface area contributed by atoms with Crippen molar-refractivity contribution in [2.45, 2.75) is 37.0 Å². The molecule has 6 atom stereocenters. The van der Waals surface area contributed by atoms with Crippen LogP contribution in [0.3, 0.4) is 0 Å². The van der Waals surface area contributed by atoms with Crippen LogP contribution in [0.4, 0.5) is 0 Å². The second-order valence-electron chi connectivity index (χ2n) is 11.4. The highest BCUT2D eigenvalue weighted by molar-refractivity contribution is 7.69. The highest BCUT2D eigenvalue weighted by atomic mass is 31.1. The minimum atomic E-state index is -1.29. The van der Waals surface area contributed by atoms with Crippen LogP contribution in [0.15, 0.2) is 146 Å². The number of fused-ring (bicyclic) bond motifs is 1. The lowest BCUT2D eigenvalue weighted by atomic mass is 9.98. The molecule has 2 aliphatic rings. The molecule has 2 aliphatic heterocycles. The van der Waals surface area contributed by atoms with Crippen molar-refractivity contribution >= 4 is 37.5 Å². The summed E-state index contributed by atoms with van der Waals surface area (Å²) < 4.78 is 45.7. The summed E-state index contributed by atoms with van der Waals surface area (Å²) in [7, 11) is 0.726. The van der Waals surface area contributed by atoms with Gasteiger partial charge in [-0.2, -0.15) is 0 Å². The molecule has 0 aromatic heterocycles. The lowest BCUT2D eigenvalue weighted by Crippen LogP contribution is -2.63. The Balaban J connectivity index is 1.30. The van der Waals surface area contributed by atoms with Gasteiger partial charge in [0.05, 0.1) is 30.0 Å². The zero-order chi connectivity index (χ0) is 32.7. The van der Waals surface area contributed by atoms with Crippen LogP contribution in [0, 0.1) is 0 Å². The van der Waals surface area contributed by atoms with E-state index in [0.717, 1.165) is 32.5 Å². The smallest absolute Gasteiger partial charge is 0.186 e. The molecule has 0 saturated carbocycles. The molecule has 0 aliphatic carbocycles. The first-order chi connectivity index (χ1) is 23.7. The molecule has 0 radical (unpaired) electrons. The number of hydrogen-bond acceptors (Lipinski definition) is 7. The monoisotopic (exact) mass is 680 g/mol. The topological polar surface area (TPSA) is 64.6 Å². The molecule has 7 rings (SSSR count). The van der Waals surface area contributed by atoms with Gasteiger partial charge in [-0.25, -0.2) is 0 Å². The molecule has 48 heavy (non-hydrogen) atoms. The molecule has 7 nitrogen and oxygen atoms in total. The maximum atomic E-state index is 7.36. The van der Waals surface area contributed by atoms with Gasteiger partial charge in [0.15, 0.2) is 12.6 Å². The summed E-state index contributed by atoms with van der Waals surface area (Å²) >= 11 is 0. The van der Waals surface area contributed by atoms with E-state index in [4.69, 9.17) is 32.7 Å². The Kier molecular flexibility index (Phi) is 10.9. The van der Waals surface area contributed by atoms with Crippen LogP contribution in [-0.4, -0.2) is 51.5 Å². The predicted molar refractivity (Wildman–Crippen MR) is 190 cm³/mol. The molecule has 0 bridgehead atoms. The molecule has 2 heterocycles. The minimum absolute atomic E-state index is 0.300. The molecule has 0 N–H and O–H groups in total. The molecule has 9 heteroatoms. The highest BCUT2D eigenvalue weighted by Crippen LogP contribution is 2.48. The zero-order valence-corrected chi connectivity index (χ0v) is 28.6. The Morgan fingerprint density at radius 1 is 0.542 bits per heavy atom. The van der Waals surface area contributed by atoms with Crippen molar-refractivity contribution in [2.24, 2.45) is 0 Å². The van der Waals surface area contributed by atoms with E-state index in [0.29, 0.717) is 6.61 Å². The first kappa shape index (κ1) is 33.0. The number of ether oxygens (including phenoxy) is 5. The van der Waals surface area contributed by atoms with Crippen molar-refractivity contribution in [3.8, 4) is 5.75 Å². The fraction of sp³-hybridized carbons (Fsp3) is 0.231. The van der Waals surface area contributed by atoms with Crippen LogP contribution in [0.25, 0.3) is 0 Å². The van der Waals surface area contributed by atoms with Crippen LogP contribution in [0.1, 0.15) is 11.9 Å². The van der Waals surface area contributed by atoms with Crippen LogP contribution < -0.4 is 26.0 Å². The Bertz CT molecular complexity index is 1620. The Morgan fingerprint density at radius 2 is 1.00 bits per heavy atom. The highest BCUT2D eigenvalue weighted by Gasteiger charge is 2.53. The van der Waals surface area contributed by atoms with Gasteiger partial charge in [-0.05, 0) is 12.1 Å². The van der Waals surface area contributed by atoms with Gasteiger partial charge in [0.25, 0.3) is 0 Å². The third-order valence-corrected chi connectivity index (χ3v) is 12.3. The SMILES string of the molecule is COc1ccc(C2OC[C@H]3O[C@H](OC)[C@H](OP(c4ccccc4)c4ccccc4)[C@@H](OP(c4ccccc4)c4ccccc4)[C@H]3O2)cc1. The van der Waals surface area contributed by atoms with Crippen molar-refractivity contribution < 1.29 is 32.7 Å². The first-order valence-corrected chi connectivity index (χ1v) is 18.5. The summed E-state index contributed by atoms with van der Waals surface area (Å²) in [5.41, 5.74) is 0.878. The second-order valence-corrected chi connectivity index (χ2v) is 15.1. The minimum Gasteiger partial charge on any atom is -0.497 e. The third-order valence-electron chi connectivity index (χ3n) is 8.32. The maximum Gasteiger partial charge on any atom is 0.186 e. The van der Waals surface area contributed by atoms with Gasteiger partial charge in [-0.3, -0.25) is 0 Å². The lowest BCUT2D eigenvalue weighted by Gasteiger charge is -2.49. The van der Waals surface area contributed by atoms with Gasteiger partial charge >= 0.3 is 0 Å². The molecule has 2 saturated heterocycles. The normalized spacial score (nSPS) is 23.9. The molecular formula is C39H38O7P2. The van der Waals surface area contributed by atoms with E-state index in [-0.39, 0.29) is 0 Å². The summed E-state index contributed by atoms with van der Waals surface area (Å²) in [5.74, 6) is 0.762. The van der Waals surface area contributed by atoms with Gasteiger partial charge in [-0.15, -0.1) is 0 Å². The van der Waals surface area contributed by atoms with Crippen molar-refractivity contribution in [1.82, 2.24) is 0 Å². The molecule has 0 amide bonds. The van der Waals surface area contributed by atoms with Crippen molar-refractivity contribution in [3.05, 3.63) is 151 Å². The quantitative estimate of drug-likeness (QED) is 0.151. The van der Waals surface area contributed by atoms with Gasteiger partial charge in [0, 0.05) is 33.9 Å². The first-order valence-electron chi connectivity index (χ1n) is 15.9. The largest absolute Gasteiger partial charge is 0.497 e. The summed E-state index contributed by atoms with van der Waals surface area (Å²) in [5, 5.41) is 4.32. The molecule has 0 spiro atoms. The van der Waals surface area contributed by atoms with Crippen LogP contribution in [-0.2, 0) is 28.0 Å². The second kappa shape index (κ2) is 15.8.